The maximum atomic E-state index is 12.4. The van der Waals surface area contributed by atoms with Crippen LogP contribution in [-0.2, 0) is 20.7 Å². The van der Waals surface area contributed by atoms with Crippen LogP contribution in [0, 0.1) is 0 Å². The van der Waals surface area contributed by atoms with Gasteiger partial charge in [0.05, 0.1) is 13.0 Å². The number of rotatable bonds is 8. The first-order valence-electron chi connectivity index (χ1n) is 9.61. The van der Waals surface area contributed by atoms with E-state index in [0.717, 1.165) is 16.7 Å². The van der Waals surface area contributed by atoms with E-state index in [1.54, 1.807) is 24.3 Å². The van der Waals surface area contributed by atoms with Crippen molar-refractivity contribution in [1.82, 2.24) is 0 Å². The molecule has 0 aliphatic rings. The molecule has 0 aromatic heterocycles. The van der Waals surface area contributed by atoms with Crippen molar-refractivity contribution >= 4 is 23.4 Å². The van der Waals surface area contributed by atoms with E-state index >= 15 is 0 Å². The molecular formula is C24H24N2O4. The summed E-state index contributed by atoms with van der Waals surface area (Å²) in [5.41, 5.74) is 4.29. The third-order valence-corrected chi connectivity index (χ3v) is 4.34. The third-order valence-electron chi connectivity index (χ3n) is 4.34. The van der Waals surface area contributed by atoms with Gasteiger partial charge in [-0.25, -0.2) is 4.79 Å². The maximum absolute atomic E-state index is 12.4. The first-order chi connectivity index (χ1) is 14.6. The molecule has 0 fully saturated rings. The number of hydrogen-bond donors (Lipinski definition) is 2. The van der Waals surface area contributed by atoms with E-state index in [1.807, 2.05) is 42.5 Å². The molecule has 6 nitrogen and oxygen atoms in total. The van der Waals surface area contributed by atoms with Crippen molar-refractivity contribution in [2.24, 2.45) is 0 Å². The molecule has 30 heavy (non-hydrogen) atoms. The Morgan fingerprint density at radius 1 is 0.767 bits per heavy atom. The molecule has 3 aromatic rings. The minimum Gasteiger partial charge on any atom is -0.447 e. The van der Waals surface area contributed by atoms with Gasteiger partial charge in [-0.05, 0) is 34.9 Å². The number of amides is 2. The number of carbonyl (C=O) groups is 2. The molecule has 0 heterocycles. The maximum Gasteiger partial charge on any atom is 0.411 e. The Bertz CT molecular complexity index is 972. The van der Waals surface area contributed by atoms with Crippen molar-refractivity contribution < 1.29 is 19.1 Å². The van der Waals surface area contributed by atoms with Crippen LogP contribution in [-0.4, -0.2) is 32.3 Å². The highest BCUT2D eigenvalue weighted by molar-refractivity contribution is 5.93. The summed E-state index contributed by atoms with van der Waals surface area (Å²) in [5.74, 6) is -0.137. The van der Waals surface area contributed by atoms with Crippen LogP contribution in [0.25, 0.3) is 11.1 Å². The first-order valence-corrected chi connectivity index (χ1v) is 9.61. The SMILES string of the molecule is COCCOC(=O)Nc1cccc(NC(=O)Cc2ccc(-c3ccccc3)cc2)c1. The minimum atomic E-state index is -0.575. The van der Waals surface area contributed by atoms with Gasteiger partial charge in [0.2, 0.25) is 5.91 Å². The lowest BCUT2D eigenvalue weighted by Gasteiger charge is -2.10. The Morgan fingerprint density at radius 2 is 1.43 bits per heavy atom. The van der Waals surface area contributed by atoms with Crippen molar-refractivity contribution in [3.63, 3.8) is 0 Å². The van der Waals surface area contributed by atoms with Crippen LogP contribution < -0.4 is 10.6 Å². The molecule has 0 saturated heterocycles. The van der Waals surface area contributed by atoms with Crippen molar-refractivity contribution in [2.45, 2.75) is 6.42 Å². The molecule has 0 bridgehead atoms. The summed E-state index contributed by atoms with van der Waals surface area (Å²) in [6.45, 7) is 0.498. The molecule has 0 atom stereocenters. The van der Waals surface area contributed by atoms with E-state index in [0.29, 0.717) is 18.0 Å². The first kappa shape index (κ1) is 21.1. The molecule has 2 N–H and O–H groups in total. The quantitative estimate of drug-likeness (QED) is 0.532. The molecular weight excluding hydrogens is 380 g/mol. The summed E-state index contributed by atoms with van der Waals surface area (Å²) < 4.78 is 9.80. The zero-order valence-corrected chi connectivity index (χ0v) is 16.8. The summed E-state index contributed by atoms with van der Waals surface area (Å²) in [7, 11) is 1.53. The Morgan fingerprint density at radius 3 is 2.13 bits per heavy atom. The van der Waals surface area contributed by atoms with Crippen LogP contribution >= 0.6 is 0 Å². The molecule has 0 unspecified atom stereocenters. The second-order valence-electron chi connectivity index (χ2n) is 6.62. The molecule has 0 aliphatic carbocycles. The third kappa shape index (κ3) is 6.46. The normalized spacial score (nSPS) is 10.3. The van der Waals surface area contributed by atoms with Crippen LogP contribution in [0.3, 0.4) is 0 Å². The van der Waals surface area contributed by atoms with E-state index in [2.05, 4.69) is 22.8 Å². The predicted octanol–water partition coefficient (Wildman–Crippen LogP) is 4.73. The standard InChI is InChI=1S/C24H24N2O4/c1-29-14-15-30-24(28)26-22-9-5-8-21(17-22)25-23(27)16-18-10-12-20(13-11-18)19-6-3-2-4-7-19/h2-13,17H,14-16H2,1H3,(H,25,27)(H,26,28). The van der Waals surface area contributed by atoms with Gasteiger partial charge >= 0.3 is 6.09 Å². The summed E-state index contributed by atoms with van der Waals surface area (Å²) >= 11 is 0. The fraction of sp³-hybridized carbons (Fsp3) is 0.167. The molecule has 3 rings (SSSR count). The van der Waals surface area contributed by atoms with Gasteiger partial charge in [0.1, 0.15) is 6.61 Å². The number of anilines is 2. The largest absolute Gasteiger partial charge is 0.447 e. The average molecular weight is 404 g/mol. The highest BCUT2D eigenvalue weighted by Gasteiger charge is 2.07. The summed E-state index contributed by atoms with van der Waals surface area (Å²) in [4.78, 5) is 24.1. The molecule has 0 saturated carbocycles. The van der Waals surface area contributed by atoms with E-state index < -0.39 is 6.09 Å². The molecule has 6 heteroatoms. The van der Waals surface area contributed by atoms with E-state index in [9.17, 15) is 9.59 Å². The Labute approximate surface area is 175 Å². The van der Waals surface area contributed by atoms with Crippen LogP contribution in [0.5, 0.6) is 0 Å². The van der Waals surface area contributed by atoms with E-state index in [1.165, 1.54) is 7.11 Å². The van der Waals surface area contributed by atoms with Crippen molar-refractivity contribution in [2.75, 3.05) is 31.0 Å². The highest BCUT2D eigenvalue weighted by Crippen LogP contribution is 2.20. The van der Waals surface area contributed by atoms with Crippen LogP contribution in [0.1, 0.15) is 5.56 Å². The molecule has 0 spiro atoms. The zero-order valence-electron chi connectivity index (χ0n) is 16.8. The number of hydrogen-bond acceptors (Lipinski definition) is 4. The Balaban J connectivity index is 1.54. The fourth-order valence-corrected chi connectivity index (χ4v) is 2.88. The molecule has 0 aliphatic heterocycles. The topological polar surface area (TPSA) is 76.7 Å². The van der Waals surface area contributed by atoms with Gasteiger partial charge in [-0.15, -0.1) is 0 Å². The molecule has 0 radical (unpaired) electrons. The minimum absolute atomic E-state index is 0.137. The fourth-order valence-electron chi connectivity index (χ4n) is 2.88. The number of ether oxygens (including phenoxy) is 2. The van der Waals surface area contributed by atoms with Crippen LogP contribution in [0.4, 0.5) is 16.2 Å². The van der Waals surface area contributed by atoms with E-state index in [4.69, 9.17) is 9.47 Å². The smallest absolute Gasteiger partial charge is 0.411 e. The number of benzene rings is 3. The van der Waals surface area contributed by atoms with Gasteiger partial charge in [0, 0.05) is 18.5 Å². The van der Waals surface area contributed by atoms with Crippen LogP contribution in [0.15, 0.2) is 78.9 Å². The molecule has 2 amide bonds. The summed E-state index contributed by atoms with van der Waals surface area (Å²) in [6, 6.07) is 24.9. The van der Waals surface area contributed by atoms with Crippen molar-refractivity contribution in [3.8, 4) is 11.1 Å². The average Bonchev–Trinajstić information content (AvgIpc) is 2.75. The van der Waals surface area contributed by atoms with Gasteiger partial charge in [-0.1, -0.05) is 60.7 Å². The number of carbonyl (C=O) groups excluding carboxylic acids is 2. The predicted molar refractivity (Wildman–Crippen MR) is 118 cm³/mol. The monoisotopic (exact) mass is 404 g/mol. The van der Waals surface area contributed by atoms with Crippen molar-refractivity contribution in [1.29, 1.82) is 0 Å². The number of nitrogens with one attached hydrogen (secondary N) is 2. The second kappa shape index (κ2) is 10.8. The van der Waals surface area contributed by atoms with E-state index in [-0.39, 0.29) is 18.9 Å². The summed E-state index contributed by atoms with van der Waals surface area (Å²) in [6.07, 6.45) is -0.319. The van der Waals surface area contributed by atoms with Gasteiger partial charge in [-0.3, -0.25) is 10.1 Å². The highest BCUT2D eigenvalue weighted by atomic mass is 16.6. The molecule has 154 valence electrons. The lowest BCUT2D eigenvalue weighted by molar-refractivity contribution is -0.115. The van der Waals surface area contributed by atoms with Gasteiger partial charge in [0.15, 0.2) is 0 Å². The lowest BCUT2D eigenvalue weighted by Crippen LogP contribution is -2.17. The van der Waals surface area contributed by atoms with Crippen LogP contribution in [0.2, 0.25) is 0 Å². The van der Waals surface area contributed by atoms with Crippen molar-refractivity contribution in [3.05, 3.63) is 84.4 Å². The zero-order chi connectivity index (χ0) is 21.2. The Kier molecular flexibility index (Phi) is 7.58. The van der Waals surface area contributed by atoms with Gasteiger partial charge in [0.25, 0.3) is 0 Å². The second-order valence-corrected chi connectivity index (χ2v) is 6.62. The molecule has 3 aromatic carbocycles. The number of methoxy groups -OCH3 is 1. The Hall–Kier alpha value is -3.64. The summed E-state index contributed by atoms with van der Waals surface area (Å²) in [5, 5.41) is 5.47. The van der Waals surface area contributed by atoms with Gasteiger partial charge in [-0.2, -0.15) is 0 Å². The van der Waals surface area contributed by atoms with Gasteiger partial charge < -0.3 is 14.8 Å². The lowest BCUT2D eigenvalue weighted by atomic mass is 10.0.